The molecule has 5 aromatic carbocycles. The molecule has 0 bridgehead atoms. The molecular formula is C43H31NO. The van der Waals surface area contributed by atoms with E-state index in [1.807, 2.05) is 0 Å². The van der Waals surface area contributed by atoms with Crippen LogP contribution in [0.2, 0.25) is 0 Å². The van der Waals surface area contributed by atoms with Crippen LogP contribution in [-0.2, 0) is 5.41 Å². The molecule has 4 aliphatic rings. The smallest absolute Gasteiger partial charge is 0.131 e. The molecule has 0 fully saturated rings. The van der Waals surface area contributed by atoms with Gasteiger partial charge in [-0.3, -0.25) is 0 Å². The van der Waals surface area contributed by atoms with Gasteiger partial charge in [0.15, 0.2) is 0 Å². The molecule has 2 nitrogen and oxygen atoms in total. The predicted molar refractivity (Wildman–Crippen MR) is 185 cm³/mol. The summed E-state index contributed by atoms with van der Waals surface area (Å²) in [6.07, 6.45) is 11.2. The van der Waals surface area contributed by atoms with Crippen LogP contribution in [0.3, 0.4) is 0 Å². The lowest BCUT2D eigenvalue weighted by Gasteiger charge is -2.48. The number of allylic oxidation sites excluding steroid dienone is 8. The molecule has 1 aromatic heterocycles. The molecule has 45 heavy (non-hydrogen) atoms. The van der Waals surface area contributed by atoms with Crippen molar-refractivity contribution in [1.29, 1.82) is 0 Å². The molecule has 6 aromatic rings. The minimum atomic E-state index is -0.462. The molecule has 1 atom stereocenters. The summed E-state index contributed by atoms with van der Waals surface area (Å²) in [5.41, 5.74) is 14.0. The zero-order valence-corrected chi connectivity index (χ0v) is 25.0. The highest BCUT2D eigenvalue weighted by atomic mass is 16.5. The van der Waals surface area contributed by atoms with Gasteiger partial charge in [0.1, 0.15) is 11.5 Å². The van der Waals surface area contributed by atoms with E-state index in [1.54, 1.807) is 0 Å². The molecular weight excluding hydrogens is 546 g/mol. The van der Waals surface area contributed by atoms with Crippen molar-refractivity contribution in [1.82, 2.24) is 4.57 Å². The number of rotatable bonds is 2. The fourth-order valence-electron chi connectivity index (χ4n) is 8.56. The van der Waals surface area contributed by atoms with Gasteiger partial charge >= 0.3 is 0 Å². The number of nitrogens with zero attached hydrogens (tertiary/aromatic N) is 1. The largest absolute Gasteiger partial charge is 0.461 e. The van der Waals surface area contributed by atoms with E-state index in [2.05, 4.69) is 144 Å². The lowest BCUT2D eigenvalue weighted by atomic mass is 9.59. The first kappa shape index (κ1) is 25.0. The minimum absolute atomic E-state index is 0.462. The van der Waals surface area contributed by atoms with Crippen LogP contribution < -0.4 is 4.74 Å². The zero-order chi connectivity index (χ0) is 29.5. The monoisotopic (exact) mass is 577 g/mol. The minimum Gasteiger partial charge on any atom is -0.461 e. The second-order valence-electron chi connectivity index (χ2n) is 12.7. The van der Waals surface area contributed by atoms with Gasteiger partial charge in [-0.25, -0.2) is 0 Å². The standard InChI is InChI=1S/C43H31NO/c1-2-11-28(12-3-1)29-21-23-30(24-22-29)31-25-26-41-37(27-31)43(35-16-6-9-20-40(35)45-41)34-15-5-8-19-39(34)44-38-18-7-4-13-32(38)33-14-10-17-36(43)42(33)44/h1-7,9-18,20-24,27H,8,19,25-26H2. The van der Waals surface area contributed by atoms with Crippen molar-refractivity contribution in [2.24, 2.45) is 0 Å². The molecule has 2 heteroatoms. The Morgan fingerprint density at radius 1 is 0.578 bits per heavy atom. The molecule has 1 spiro atoms. The van der Waals surface area contributed by atoms with Gasteiger partial charge < -0.3 is 9.30 Å². The molecule has 0 N–H and O–H groups in total. The van der Waals surface area contributed by atoms with Crippen molar-refractivity contribution in [3.63, 3.8) is 0 Å². The van der Waals surface area contributed by atoms with Crippen LogP contribution in [0.25, 0.3) is 44.2 Å². The normalized spacial score (nSPS) is 19.8. The van der Waals surface area contributed by atoms with Crippen molar-refractivity contribution < 1.29 is 4.74 Å². The van der Waals surface area contributed by atoms with E-state index in [0.29, 0.717) is 0 Å². The van der Waals surface area contributed by atoms with Gasteiger partial charge in [-0.15, -0.1) is 0 Å². The summed E-state index contributed by atoms with van der Waals surface area (Å²) < 4.78 is 9.41. The Morgan fingerprint density at radius 2 is 1.31 bits per heavy atom. The predicted octanol–water partition coefficient (Wildman–Crippen LogP) is 10.8. The number of hydrogen-bond donors (Lipinski definition) is 0. The maximum Gasteiger partial charge on any atom is 0.131 e. The maximum absolute atomic E-state index is 6.83. The van der Waals surface area contributed by atoms with Gasteiger partial charge in [-0.2, -0.15) is 0 Å². The molecule has 2 aliphatic carbocycles. The second-order valence-corrected chi connectivity index (χ2v) is 12.7. The van der Waals surface area contributed by atoms with Gasteiger partial charge in [-0.05, 0) is 64.8 Å². The second kappa shape index (κ2) is 9.33. The zero-order valence-electron chi connectivity index (χ0n) is 25.0. The fourth-order valence-corrected chi connectivity index (χ4v) is 8.56. The van der Waals surface area contributed by atoms with Crippen LogP contribution in [0.5, 0.6) is 5.75 Å². The highest BCUT2D eigenvalue weighted by Crippen LogP contribution is 2.61. The first-order valence-corrected chi connectivity index (χ1v) is 16.1. The van der Waals surface area contributed by atoms with Crippen LogP contribution in [0.4, 0.5) is 0 Å². The average Bonchev–Trinajstić information content (AvgIpc) is 3.46. The van der Waals surface area contributed by atoms with Crippen molar-refractivity contribution in [2.45, 2.75) is 31.1 Å². The van der Waals surface area contributed by atoms with Crippen molar-refractivity contribution in [2.75, 3.05) is 0 Å². The van der Waals surface area contributed by atoms with Crippen molar-refractivity contribution in [3.05, 3.63) is 173 Å². The van der Waals surface area contributed by atoms with Gasteiger partial charge in [0.2, 0.25) is 0 Å². The molecule has 1 unspecified atom stereocenters. The maximum atomic E-state index is 6.83. The average molecular weight is 578 g/mol. The quantitative estimate of drug-likeness (QED) is 0.200. The summed E-state index contributed by atoms with van der Waals surface area (Å²) in [7, 11) is 0. The molecule has 3 heterocycles. The number of para-hydroxylation sites is 3. The summed E-state index contributed by atoms with van der Waals surface area (Å²) in [4.78, 5) is 0. The van der Waals surface area contributed by atoms with Gasteiger partial charge in [-0.1, -0.05) is 127 Å². The topological polar surface area (TPSA) is 14.2 Å². The Hall–Kier alpha value is -5.34. The van der Waals surface area contributed by atoms with E-state index < -0.39 is 5.41 Å². The lowest BCUT2D eigenvalue weighted by Crippen LogP contribution is -2.40. The molecule has 2 aliphatic heterocycles. The highest BCUT2D eigenvalue weighted by molar-refractivity contribution is 6.13. The number of ether oxygens (including phenoxy) is 1. The molecule has 0 radical (unpaired) electrons. The van der Waals surface area contributed by atoms with Gasteiger partial charge in [0.05, 0.1) is 16.4 Å². The lowest BCUT2D eigenvalue weighted by molar-refractivity contribution is 0.363. The molecule has 0 saturated heterocycles. The molecule has 10 rings (SSSR count). The van der Waals surface area contributed by atoms with Gasteiger partial charge in [0.25, 0.3) is 0 Å². The van der Waals surface area contributed by atoms with E-state index in [-0.39, 0.29) is 0 Å². The summed E-state index contributed by atoms with van der Waals surface area (Å²) in [6.45, 7) is 0. The SMILES string of the molecule is C1=CC2=C(CC1)n1c3ccccc3c3cccc(c31)C21C2=C(CCC(c3ccc(-c4ccccc4)cc3)=C2)Oc2ccccc21. The Labute approximate surface area is 262 Å². The van der Waals surface area contributed by atoms with Crippen LogP contribution in [-0.4, -0.2) is 4.57 Å². The van der Waals surface area contributed by atoms with E-state index in [1.165, 1.54) is 72.0 Å². The van der Waals surface area contributed by atoms with Gasteiger partial charge in [0, 0.05) is 34.0 Å². The summed E-state index contributed by atoms with van der Waals surface area (Å²) in [6, 6.07) is 44.4. The summed E-state index contributed by atoms with van der Waals surface area (Å²) in [5.74, 6) is 2.08. The van der Waals surface area contributed by atoms with E-state index in [9.17, 15) is 0 Å². The van der Waals surface area contributed by atoms with Crippen LogP contribution in [0, 0.1) is 0 Å². The number of benzene rings is 5. The molecule has 0 amide bonds. The van der Waals surface area contributed by atoms with Crippen LogP contribution in [0.1, 0.15) is 42.4 Å². The Bertz CT molecular complexity index is 2330. The van der Waals surface area contributed by atoms with Crippen LogP contribution in [0.15, 0.2) is 156 Å². The number of fused-ring (bicyclic) bond motifs is 9. The Balaban J connectivity index is 1.26. The summed E-state index contributed by atoms with van der Waals surface area (Å²) >= 11 is 0. The van der Waals surface area contributed by atoms with Crippen LogP contribution >= 0.6 is 0 Å². The van der Waals surface area contributed by atoms with E-state index in [0.717, 1.165) is 37.2 Å². The Morgan fingerprint density at radius 3 is 2.22 bits per heavy atom. The third-order valence-electron chi connectivity index (χ3n) is 10.4. The summed E-state index contributed by atoms with van der Waals surface area (Å²) in [5, 5.41) is 2.65. The highest BCUT2D eigenvalue weighted by Gasteiger charge is 2.52. The third-order valence-corrected chi connectivity index (χ3v) is 10.4. The first-order chi connectivity index (χ1) is 22.3. The fraction of sp³-hybridized carbons (Fsp3) is 0.116. The van der Waals surface area contributed by atoms with E-state index >= 15 is 0 Å². The Kier molecular flexibility index (Phi) is 5.19. The van der Waals surface area contributed by atoms with E-state index in [4.69, 9.17) is 4.74 Å². The van der Waals surface area contributed by atoms with Crippen molar-refractivity contribution >= 4 is 33.1 Å². The van der Waals surface area contributed by atoms with Crippen molar-refractivity contribution in [3.8, 4) is 16.9 Å². The molecule has 0 saturated carbocycles. The molecule has 214 valence electrons. The number of hydrogen-bond acceptors (Lipinski definition) is 1. The third kappa shape index (κ3) is 3.34. The first-order valence-electron chi connectivity index (χ1n) is 16.1. The number of aromatic nitrogens is 1.